The molecule has 3 N–H and O–H groups in total. The van der Waals surface area contributed by atoms with Crippen LogP contribution in [0.2, 0.25) is 0 Å². The number of nitrogens with two attached hydrogens (primary N) is 1. The highest BCUT2D eigenvalue weighted by Crippen LogP contribution is 2.06. The highest BCUT2D eigenvalue weighted by molar-refractivity contribution is 6.17. The summed E-state index contributed by atoms with van der Waals surface area (Å²) in [7, 11) is 0. The maximum atomic E-state index is 10.5. The molecule has 1 heterocycles. The largest absolute Gasteiger partial charge is 0.366 e. The normalized spacial score (nSPS) is 9.20. The van der Waals surface area contributed by atoms with E-state index in [1.165, 1.54) is 0 Å². The molecule has 10 heavy (non-hydrogen) atoms. The molecule has 0 bridgehead atoms. The highest BCUT2D eigenvalue weighted by atomic mass is 16.1. The molecule has 1 rings (SSSR count). The molecule has 0 aliphatic heterocycles. The molecular weight excluding hydrogens is 128 g/mol. The van der Waals surface area contributed by atoms with Crippen LogP contribution in [0.4, 0.5) is 0 Å². The number of nitrogens with one attached hydrogen (secondary N) is 1. The molecule has 0 fully saturated rings. The van der Waals surface area contributed by atoms with Gasteiger partial charge in [0.15, 0.2) is 0 Å². The monoisotopic (exact) mass is 136 g/mol. The van der Waals surface area contributed by atoms with Gasteiger partial charge in [-0.15, -0.1) is 0 Å². The van der Waals surface area contributed by atoms with E-state index in [9.17, 15) is 4.79 Å². The summed E-state index contributed by atoms with van der Waals surface area (Å²) in [5.74, 6) is -0.498. The Balaban J connectivity index is 2.88. The number of carbonyl (C=O) groups excluding carboxylic acids is 1. The van der Waals surface area contributed by atoms with Crippen molar-refractivity contribution in [2.24, 2.45) is 5.73 Å². The molecule has 0 unspecified atom stereocenters. The maximum Gasteiger partial charge on any atom is 0.250 e. The fraction of sp³-hybridized carbons (Fsp3) is 0. The molecular formula is C7H8N2O. The molecule has 1 aromatic heterocycles. The molecule has 52 valence electrons. The van der Waals surface area contributed by atoms with Gasteiger partial charge in [-0.2, -0.15) is 0 Å². The van der Waals surface area contributed by atoms with Gasteiger partial charge in [0, 0.05) is 6.20 Å². The van der Waals surface area contributed by atoms with E-state index in [4.69, 9.17) is 5.73 Å². The number of H-pyrrole nitrogens is 1. The fourth-order valence-electron chi connectivity index (χ4n) is 0.651. The van der Waals surface area contributed by atoms with E-state index < -0.39 is 5.91 Å². The summed E-state index contributed by atoms with van der Waals surface area (Å²) in [6.07, 6.45) is 1.71. The van der Waals surface area contributed by atoms with Gasteiger partial charge in [0.25, 0.3) is 0 Å². The molecule has 3 nitrogen and oxygen atoms in total. The molecule has 0 saturated carbocycles. The molecule has 0 aliphatic carbocycles. The van der Waals surface area contributed by atoms with E-state index in [-0.39, 0.29) is 0 Å². The minimum atomic E-state index is -0.498. The summed E-state index contributed by atoms with van der Waals surface area (Å²) in [5, 5.41) is 0. The summed E-state index contributed by atoms with van der Waals surface area (Å²) >= 11 is 0. The van der Waals surface area contributed by atoms with Crippen LogP contribution in [-0.4, -0.2) is 10.9 Å². The number of hydrogen-bond acceptors (Lipinski definition) is 1. The second kappa shape index (κ2) is 2.39. The zero-order chi connectivity index (χ0) is 7.56. The number of primary amides is 1. The van der Waals surface area contributed by atoms with Crippen molar-refractivity contribution in [3.8, 4) is 0 Å². The van der Waals surface area contributed by atoms with Crippen molar-refractivity contribution in [3.05, 3.63) is 30.6 Å². The Bertz CT molecular complexity index is 249. The van der Waals surface area contributed by atoms with Gasteiger partial charge in [0.05, 0.1) is 11.3 Å². The van der Waals surface area contributed by atoms with Crippen molar-refractivity contribution >= 4 is 11.5 Å². The van der Waals surface area contributed by atoms with E-state index >= 15 is 0 Å². The van der Waals surface area contributed by atoms with Gasteiger partial charge in [-0.3, -0.25) is 4.79 Å². The second-order valence-electron chi connectivity index (χ2n) is 1.93. The smallest absolute Gasteiger partial charge is 0.250 e. The zero-order valence-electron chi connectivity index (χ0n) is 5.42. The highest BCUT2D eigenvalue weighted by Gasteiger charge is 2.03. The SMILES string of the molecule is C=C(C(N)=O)c1ccc[nH]1. The first kappa shape index (κ1) is 6.61. The molecule has 3 heteroatoms. The third-order valence-electron chi connectivity index (χ3n) is 1.22. The topological polar surface area (TPSA) is 58.9 Å². The Morgan fingerprint density at radius 1 is 1.70 bits per heavy atom. The Labute approximate surface area is 58.5 Å². The number of rotatable bonds is 2. The molecule has 1 amide bonds. The van der Waals surface area contributed by atoms with Gasteiger partial charge < -0.3 is 10.7 Å². The first-order valence-corrected chi connectivity index (χ1v) is 2.84. The zero-order valence-corrected chi connectivity index (χ0v) is 5.42. The summed E-state index contributed by atoms with van der Waals surface area (Å²) < 4.78 is 0. The number of amides is 1. The molecule has 0 aliphatic rings. The van der Waals surface area contributed by atoms with Crippen molar-refractivity contribution in [1.29, 1.82) is 0 Å². The van der Waals surface area contributed by atoms with Crippen molar-refractivity contribution < 1.29 is 4.79 Å². The quantitative estimate of drug-likeness (QED) is 0.572. The van der Waals surface area contributed by atoms with E-state index in [1.807, 2.05) is 0 Å². The molecule has 0 spiro atoms. The van der Waals surface area contributed by atoms with Gasteiger partial charge in [-0.25, -0.2) is 0 Å². The van der Waals surface area contributed by atoms with Crippen molar-refractivity contribution in [1.82, 2.24) is 4.98 Å². The van der Waals surface area contributed by atoms with Crippen LogP contribution in [0.15, 0.2) is 24.9 Å². The van der Waals surface area contributed by atoms with Crippen LogP contribution >= 0.6 is 0 Å². The van der Waals surface area contributed by atoms with Crippen LogP contribution in [0.3, 0.4) is 0 Å². The lowest BCUT2D eigenvalue weighted by Crippen LogP contribution is -2.11. The summed E-state index contributed by atoms with van der Waals surface area (Å²) in [6, 6.07) is 3.52. The first-order chi connectivity index (χ1) is 4.72. The van der Waals surface area contributed by atoms with Gasteiger partial charge in [0.1, 0.15) is 0 Å². The Hall–Kier alpha value is -1.51. The average molecular weight is 136 g/mol. The van der Waals surface area contributed by atoms with Crippen LogP contribution < -0.4 is 5.73 Å². The van der Waals surface area contributed by atoms with Crippen molar-refractivity contribution in [2.75, 3.05) is 0 Å². The van der Waals surface area contributed by atoms with Crippen LogP contribution in [0, 0.1) is 0 Å². The Morgan fingerprint density at radius 2 is 2.40 bits per heavy atom. The number of aromatic amines is 1. The second-order valence-corrected chi connectivity index (χ2v) is 1.93. The van der Waals surface area contributed by atoms with Crippen LogP contribution in [0.25, 0.3) is 5.57 Å². The maximum absolute atomic E-state index is 10.5. The van der Waals surface area contributed by atoms with Gasteiger partial charge in [-0.1, -0.05) is 6.58 Å². The lowest BCUT2D eigenvalue weighted by molar-refractivity contribution is -0.112. The number of aromatic nitrogens is 1. The Morgan fingerprint density at radius 3 is 2.80 bits per heavy atom. The molecule has 0 saturated heterocycles. The van der Waals surface area contributed by atoms with E-state index in [2.05, 4.69) is 11.6 Å². The third kappa shape index (κ3) is 1.07. The van der Waals surface area contributed by atoms with E-state index in [1.54, 1.807) is 18.3 Å². The molecule has 0 atom stereocenters. The van der Waals surface area contributed by atoms with Crippen molar-refractivity contribution in [2.45, 2.75) is 0 Å². The van der Waals surface area contributed by atoms with Crippen LogP contribution in [0.5, 0.6) is 0 Å². The summed E-state index contributed by atoms with van der Waals surface area (Å²) in [4.78, 5) is 13.3. The summed E-state index contributed by atoms with van der Waals surface area (Å²) in [5.41, 5.74) is 5.95. The lowest BCUT2D eigenvalue weighted by Gasteiger charge is -1.94. The fourth-order valence-corrected chi connectivity index (χ4v) is 0.651. The molecule has 0 aromatic carbocycles. The molecule has 0 radical (unpaired) electrons. The predicted molar refractivity (Wildman–Crippen MR) is 39.0 cm³/mol. The van der Waals surface area contributed by atoms with E-state index in [0.29, 0.717) is 11.3 Å². The third-order valence-corrected chi connectivity index (χ3v) is 1.22. The minimum Gasteiger partial charge on any atom is -0.366 e. The minimum absolute atomic E-state index is 0.310. The van der Waals surface area contributed by atoms with Crippen molar-refractivity contribution in [3.63, 3.8) is 0 Å². The average Bonchev–Trinajstić information content (AvgIpc) is 2.36. The van der Waals surface area contributed by atoms with Gasteiger partial charge in [-0.05, 0) is 12.1 Å². The summed E-state index contributed by atoms with van der Waals surface area (Å²) in [6.45, 7) is 3.49. The van der Waals surface area contributed by atoms with Crippen LogP contribution in [-0.2, 0) is 4.79 Å². The number of hydrogen-bond donors (Lipinski definition) is 2. The standard InChI is InChI=1S/C7H8N2O/c1-5(7(8)10)6-3-2-4-9-6/h2-4,9H,1H2,(H2,8,10). The number of carbonyl (C=O) groups is 1. The van der Waals surface area contributed by atoms with Gasteiger partial charge in [0.2, 0.25) is 5.91 Å². The van der Waals surface area contributed by atoms with Crippen LogP contribution in [0.1, 0.15) is 5.69 Å². The Kier molecular flexibility index (Phi) is 1.58. The molecule has 1 aromatic rings. The first-order valence-electron chi connectivity index (χ1n) is 2.84. The van der Waals surface area contributed by atoms with E-state index in [0.717, 1.165) is 0 Å². The predicted octanol–water partition coefficient (Wildman–Crippen LogP) is 0.513. The lowest BCUT2D eigenvalue weighted by atomic mass is 10.2. The van der Waals surface area contributed by atoms with Gasteiger partial charge >= 0.3 is 0 Å².